The quantitative estimate of drug-likeness (QED) is 0.735. The van der Waals surface area contributed by atoms with Crippen LogP contribution in [0.5, 0.6) is 0 Å². The average Bonchev–Trinajstić information content (AvgIpc) is 3.24. The summed E-state index contributed by atoms with van der Waals surface area (Å²) in [6, 6.07) is 7.15. The minimum Gasteiger partial charge on any atom is -0.421 e. The Kier molecular flexibility index (Phi) is 5.31. The van der Waals surface area contributed by atoms with E-state index in [0.29, 0.717) is 24.0 Å². The molecule has 8 heteroatoms. The molecule has 0 aliphatic carbocycles. The van der Waals surface area contributed by atoms with Gasteiger partial charge < -0.3 is 19.2 Å². The highest BCUT2D eigenvalue weighted by Gasteiger charge is 2.10. The number of hydrogen-bond donors (Lipinski definition) is 1. The Hall–Kier alpha value is -3.16. The Bertz CT molecular complexity index is 868. The van der Waals surface area contributed by atoms with Crippen LogP contribution in [-0.2, 0) is 13.5 Å². The van der Waals surface area contributed by atoms with Crippen LogP contribution in [0.2, 0.25) is 0 Å². The number of nitrogens with one attached hydrogen (secondary N) is 1. The van der Waals surface area contributed by atoms with E-state index in [1.165, 1.54) is 0 Å². The molecule has 2 aromatic heterocycles. The fourth-order valence-corrected chi connectivity index (χ4v) is 2.54. The van der Waals surface area contributed by atoms with Crippen molar-refractivity contribution in [2.45, 2.75) is 19.8 Å². The second-order valence-electron chi connectivity index (χ2n) is 6.11. The van der Waals surface area contributed by atoms with E-state index in [-0.39, 0.29) is 6.03 Å². The number of aromatic nitrogens is 4. The molecule has 0 radical (unpaired) electrons. The molecule has 136 valence electrons. The Morgan fingerprint density at radius 3 is 2.65 bits per heavy atom. The molecule has 0 aliphatic heterocycles. The van der Waals surface area contributed by atoms with E-state index >= 15 is 0 Å². The van der Waals surface area contributed by atoms with E-state index in [1.54, 1.807) is 25.1 Å². The van der Waals surface area contributed by atoms with Gasteiger partial charge in [-0.05, 0) is 30.7 Å². The molecule has 26 heavy (non-hydrogen) atoms. The Morgan fingerprint density at radius 1 is 1.27 bits per heavy atom. The number of benzene rings is 1. The predicted molar refractivity (Wildman–Crippen MR) is 97.6 cm³/mol. The van der Waals surface area contributed by atoms with E-state index in [4.69, 9.17) is 4.42 Å². The van der Waals surface area contributed by atoms with Crippen molar-refractivity contribution < 1.29 is 9.21 Å². The highest BCUT2D eigenvalue weighted by molar-refractivity contribution is 5.89. The third-order valence-electron chi connectivity index (χ3n) is 4.07. The normalized spacial score (nSPS) is 10.7. The van der Waals surface area contributed by atoms with Crippen molar-refractivity contribution >= 4 is 11.7 Å². The van der Waals surface area contributed by atoms with Gasteiger partial charge in [-0.1, -0.05) is 0 Å². The molecule has 0 spiro atoms. The van der Waals surface area contributed by atoms with Gasteiger partial charge in [-0.3, -0.25) is 0 Å². The molecule has 0 fully saturated rings. The first-order chi connectivity index (χ1) is 12.5. The van der Waals surface area contributed by atoms with Crippen LogP contribution < -0.4 is 5.32 Å². The number of carbonyl (C=O) groups is 1. The van der Waals surface area contributed by atoms with Gasteiger partial charge in [-0.2, -0.15) is 0 Å². The summed E-state index contributed by atoms with van der Waals surface area (Å²) in [6.07, 6.45) is 5.39. The highest BCUT2D eigenvalue weighted by Crippen LogP contribution is 2.20. The van der Waals surface area contributed by atoms with Crippen LogP contribution in [0.25, 0.3) is 11.5 Å². The number of carbonyl (C=O) groups excluding carboxylic acids is 1. The van der Waals surface area contributed by atoms with Crippen LogP contribution in [0.15, 0.2) is 41.1 Å². The summed E-state index contributed by atoms with van der Waals surface area (Å²) in [5.41, 5.74) is 1.53. The molecule has 0 saturated carbocycles. The Labute approximate surface area is 151 Å². The van der Waals surface area contributed by atoms with Gasteiger partial charge in [0.05, 0.1) is 0 Å². The predicted octanol–water partition coefficient (Wildman–Crippen LogP) is 2.88. The van der Waals surface area contributed by atoms with Gasteiger partial charge >= 0.3 is 6.03 Å². The van der Waals surface area contributed by atoms with Crippen LogP contribution in [0, 0.1) is 6.92 Å². The van der Waals surface area contributed by atoms with Gasteiger partial charge in [0.2, 0.25) is 11.8 Å². The van der Waals surface area contributed by atoms with Crippen molar-refractivity contribution in [1.29, 1.82) is 0 Å². The standard InChI is InChI=1S/C18H22N6O2/c1-13-21-22-17(26-13)14-6-8-15(9-7-14)20-18(25)24(3)11-4-5-16-19-10-12-23(16)2/h6-10,12H,4-5,11H2,1-3H3,(H,20,25). The van der Waals surface area contributed by atoms with Crippen LogP contribution in [0.1, 0.15) is 18.1 Å². The smallest absolute Gasteiger partial charge is 0.321 e. The third-order valence-corrected chi connectivity index (χ3v) is 4.07. The van der Waals surface area contributed by atoms with Gasteiger partial charge in [-0.25, -0.2) is 9.78 Å². The second kappa shape index (κ2) is 7.81. The topological polar surface area (TPSA) is 89.1 Å². The van der Waals surface area contributed by atoms with Crippen molar-refractivity contribution in [3.05, 3.63) is 48.4 Å². The van der Waals surface area contributed by atoms with Crippen LogP contribution >= 0.6 is 0 Å². The van der Waals surface area contributed by atoms with Gasteiger partial charge in [0.25, 0.3) is 0 Å². The summed E-state index contributed by atoms with van der Waals surface area (Å²) in [5, 5.41) is 10.7. The number of anilines is 1. The van der Waals surface area contributed by atoms with E-state index in [9.17, 15) is 4.79 Å². The summed E-state index contributed by atoms with van der Waals surface area (Å²) >= 11 is 0. The molecule has 0 atom stereocenters. The lowest BCUT2D eigenvalue weighted by atomic mass is 10.2. The fourth-order valence-electron chi connectivity index (χ4n) is 2.54. The molecular formula is C18H22N6O2. The third kappa shape index (κ3) is 4.27. The highest BCUT2D eigenvalue weighted by atomic mass is 16.4. The summed E-state index contributed by atoms with van der Waals surface area (Å²) in [7, 11) is 3.75. The minimum atomic E-state index is -0.147. The summed E-state index contributed by atoms with van der Waals surface area (Å²) in [4.78, 5) is 18.2. The lowest BCUT2D eigenvalue weighted by Crippen LogP contribution is -2.32. The molecule has 2 heterocycles. The van der Waals surface area contributed by atoms with Crippen LogP contribution in [0.3, 0.4) is 0 Å². The molecule has 3 aromatic rings. The van der Waals surface area contributed by atoms with Crippen LogP contribution in [0.4, 0.5) is 10.5 Å². The molecule has 8 nitrogen and oxygen atoms in total. The molecule has 2 amide bonds. The fraction of sp³-hybridized carbons (Fsp3) is 0.333. The minimum absolute atomic E-state index is 0.147. The van der Waals surface area contributed by atoms with Crippen molar-refractivity contribution in [2.75, 3.05) is 18.9 Å². The first kappa shape index (κ1) is 17.7. The maximum absolute atomic E-state index is 12.3. The summed E-state index contributed by atoms with van der Waals surface area (Å²) in [5.74, 6) is 2.00. The van der Waals surface area contributed by atoms with Crippen LogP contribution in [-0.4, -0.2) is 44.3 Å². The van der Waals surface area contributed by atoms with Gasteiger partial charge in [0.15, 0.2) is 0 Å². The Balaban J connectivity index is 1.49. The number of nitrogens with zero attached hydrogens (tertiary/aromatic N) is 5. The van der Waals surface area contributed by atoms with Crippen molar-refractivity contribution in [2.24, 2.45) is 7.05 Å². The average molecular weight is 354 g/mol. The lowest BCUT2D eigenvalue weighted by molar-refractivity contribution is 0.222. The monoisotopic (exact) mass is 354 g/mol. The molecule has 3 rings (SSSR count). The van der Waals surface area contributed by atoms with Crippen molar-refractivity contribution in [3.8, 4) is 11.5 Å². The number of rotatable bonds is 6. The van der Waals surface area contributed by atoms with E-state index < -0.39 is 0 Å². The molecule has 0 unspecified atom stereocenters. The van der Waals surface area contributed by atoms with Gasteiger partial charge in [0, 0.05) is 57.6 Å². The zero-order valence-electron chi connectivity index (χ0n) is 15.1. The molecule has 1 N–H and O–H groups in total. The zero-order valence-corrected chi connectivity index (χ0v) is 15.1. The van der Waals surface area contributed by atoms with E-state index in [0.717, 1.165) is 24.2 Å². The van der Waals surface area contributed by atoms with E-state index in [1.807, 2.05) is 42.1 Å². The maximum Gasteiger partial charge on any atom is 0.321 e. The zero-order chi connectivity index (χ0) is 18.5. The molecule has 0 aliphatic rings. The summed E-state index contributed by atoms with van der Waals surface area (Å²) < 4.78 is 7.38. The number of urea groups is 1. The Morgan fingerprint density at radius 2 is 2.04 bits per heavy atom. The first-order valence-corrected chi connectivity index (χ1v) is 8.42. The molecule has 1 aromatic carbocycles. The molecule has 0 saturated heterocycles. The lowest BCUT2D eigenvalue weighted by Gasteiger charge is -2.18. The number of imidazole rings is 1. The van der Waals surface area contributed by atoms with Gasteiger partial charge in [-0.15, -0.1) is 10.2 Å². The van der Waals surface area contributed by atoms with E-state index in [2.05, 4.69) is 20.5 Å². The second-order valence-corrected chi connectivity index (χ2v) is 6.11. The maximum atomic E-state index is 12.3. The molecular weight excluding hydrogens is 332 g/mol. The molecule has 0 bridgehead atoms. The SMILES string of the molecule is Cc1nnc(-c2ccc(NC(=O)N(C)CCCc3nccn3C)cc2)o1. The number of hydrogen-bond acceptors (Lipinski definition) is 5. The number of amides is 2. The first-order valence-electron chi connectivity index (χ1n) is 8.42. The summed E-state index contributed by atoms with van der Waals surface area (Å²) in [6.45, 7) is 2.40. The van der Waals surface area contributed by atoms with Crippen molar-refractivity contribution in [3.63, 3.8) is 0 Å². The van der Waals surface area contributed by atoms with Gasteiger partial charge in [0.1, 0.15) is 5.82 Å². The number of aryl methyl sites for hydroxylation is 3. The van der Waals surface area contributed by atoms with Crippen molar-refractivity contribution in [1.82, 2.24) is 24.6 Å². The largest absolute Gasteiger partial charge is 0.421 e.